The van der Waals surface area contributed by atoms with Crippen LogP contribution in [0.3, 0.4) is 0 Å². The minimum Gasteiger partial charge on any atom is -0.275 e. The summed E-state index contributed by atoms with van der Waals surface area (Å²) in [5.74, 6) is 0.0589. The Bertz CT molecular complexity index is 247. The molecule has 1 aliphatic rings. The van der Waals surface area contributed by atoms with Gasteiger partial charge in [0.1, 0.15) is 0 Å². The lowest BCUT2D eigenvalue weighted by molar-refractivity contribution is -0.137. The highest BCUT2D eigenvalue weighted by molar-refractivity contribution is 6.18. The van der Waals surface area contributed by atoms with Gasteiger partial charge in [-0.2, -0.15) is 0 Å². The first-order valence-electron chi connectivity index (χ1n) is 3.77. The fraction of sp³-hybridized carbons (Fsp3) is 0.500. The Morgan fingerprint density at radius 1 is 1.50 bits per heavy atom. The van der Waals surface area contributed by atoms with Gasteiger partial charge in [0.15, 0.2) is 0 Å². The van der Waals surface area contributed by atoms with E-state index in [9.17, 15) is 9.59 Å². The molecule has 0 unspecified atom stereocenters. The summed E-state index contributed by atoms with van der Waals surface area (Å²) in [5, 5.41) is 0. The van der Waals surface area contributed by atoms with Crippen molar-refractivity contribution in [2.75, 3.05) is 12.4 Å². The number of carbonyl (C=O) groups excluding carboxylic acids is 2. The Hall–Kier alpha value is -0.830. The average Bonchev–Trinajstić information content (AvgIpc) is 2.25. The highest BCUT2D eigenvalue weighted by Crippen LogP contribution is 2.11. The summed E-state index contributed by atoms with van der Waals surface area (Å²) in [7, 11) is 0. The molecule has 0 atom stereocenters. The Balaban J connectivity index is 2.58. The van der Waals surface area contributed by atoms with Crippen LogP contribution < -0.4 is 0 Å². The molecule has 1 rings (SSSR count). The van der Waals surface area contributed by atoms with E-state index in [-0.39, 0.29) is 11.8 Å². The predicted octanol–water partition coefficient (Wildman–Crippen LogP) is 0.930. The topological polar surface area (TPSA) is 37.4 Å². The van der Waals surface area contributed by atoms with E-state index in [1.54, 1.807) is 6.92 Å². The van der Waals surface area contributed by atoms with Crippen LogP contribution in [0, 0.1) is 0 Å². The molecule has 1 heterocycles. The van der Waals surface area contributed by atoms with E-state index in [2.05, 4.69) is 0 Å². The van der Waals surface area contributed by atoms with E-state index in [1.807, 2.05) is 0 Å². The zero-order chi connectivity index (χ0) is 9.14. The first-order valence-corrected chi connectivity index (χ1v) is 4.30. The molecule has 2 amide bonds. The van der Waals surface area contributed by atoms with Crippen molar-refractivity contribution in [3.8, 4) is 0 Å². The van der Waals surface area contributed by atoms with Crippen molar-refractivity contribution in [1.82, 2.24) is 4.90 Å². The molecule has 0 N–H and O–H groups in total. The summed E-state index contributed by atoms with van der Waals surface area (Å²) >= 11 is 5.45. The number of carbonyl (C=O) groups is 2. The molecule has 0 fully saturated rings. The molecule has 0 aromatic heterocycles. The number of halogens is 1. The van der Waals surface area contributed by atoms with Gasteiger partial charge >= 0.3 is 0 Å². The monoisotopic (exact) mass is 187 g/mol. The van der Waals surface area contributed by atoms with E-state index in [0.29, 0.717) is 24.4 Å². The summed E-state index contributed by atoms with van der Waals surface area (Å²) < 4.78 is 0. The summed E-state index contributed by atoms with van der Waals surface area (Å²) in [5.41, 5.74) is 0.509. The van der Waals surface area contributed by atoms with Crippen LogP contribution in [-0.4, -0.2) is 29.1 Å². The molecule has 0 spiro atoms. The zero-order valence-electron chi connectivity index (χ0n) is 6.84. The van der Waals surface area contributed by atoms with Crippen molar-refractivity contribution in [2.45, 2.75) is 13.3 Å². The maximum absolute atomic E-state index is 11.2. The molecule has 0 aromatic rings. The Kier molecular flexibility index (Phi) is 2.87. The van der Waals surface area contributed by atoms with Crippen molar-refractivity contribution in [3.63, 3.8) is 0 Å². The number of imide groups is 1. The standard InChI is InChI=1S/C8H10ClNO2/c1-6-5-7(11)10(8(6)12)4-2-3-9/h5H,2-4H2,1H3. The average molecular weight is 188 g/mol. The third-order valence-corrected chi connectivity index (χ3v) is 1.97. The highest BCUT2D eigenvalue weighted by atomic mass is 35.5. The lowest BCUT2D eigenvalue weighted by Gasteiger charge is -2.12. The normalized spacial score (nSPS) is 17.2. The first kappa shape index (κ1) is 9.26. The number of alkyl halides is 1. The van der Waals surface area contributed by atoms with E-state index >= 15 is 0 Å². The van der Waals surface area contributed by atoms with E-state index in [4.69, 9.17) is 11.6 Å². The van der Waals surface area contributed by atoms with Crippen LogP contribution in [0.2, 0.25) is 0 Å². The number of amides is 2. The van der Waals surface area contributed by atoms with Crippen molar-refractivity contribution >= 4 is 23.4 Å². The fourth-order valence-corrected chi connectivity index (χ4v) is 1.19. The quantitative estimate of drug-likeness (QED) is 0.487. The SMILES string of the molecule is CC1=CC(=O)N(CCCCl)C1=O. The van der Waals surface area contributed by atoms with Gasteiger partial charge in [0, 0.05) is 24.1 Å². The van der Waals surface area contributed by atoms with Gasteiger partial charge in [-0.3, -0.25) is 14.5 Å². The second-order valence-corrected chi connectivity index (χ2v) is 3.04. The van der Waals surface area contributed by atoms with Gasteiger partial charge < -0.3 is 0 Å². The van der Waals surface area contributed by atoms with Crippen molar-refractivity contribution in [1.29, 1.82) is 0 Å². The molecule has 0 saturated heterocycles. The minimum absolute atomic E-state index is 0.190. The van der Waals surface area contributed by atoms with Gasteiger partial charge in [-0.1, -0.05) is 0 Å². The van der Waals surface area contributed by atoms with Gasteiger partial charge in [-0.15, -0.1) is 11.6 Å². The van der Waals surface area contributed by atoms with Gasteiger partial charge in [-0.05, 0) is 13.3 Å². The lowest BCUT2D eigenvalue weighted by atomic mass is 10.3. The van der Waals surface area contributed by atoms with Crippen LogP contribution in [0.4, 0.5) is 0 Å². The Labute approximate surface area is 76.0 Å². The molecule has 1 aliphatic heterocycles. The molecule has 3 nitrogen and oxygen atoms in total. The Morgan fingerprint density at radius 3 is 2.58 bits per heavy atom. The lowest BCUT2D eigenvalue weighted by Crippen LogP contribution is -2.31. The van der Waals surface area contributed by atoms with Crippen molar-refractivity contribution in [3.05, 3.63) is 11.6 Å². The smallest absolute Gasteiger partial charge is 0.256 e. The van der Waals surface area contributed by atoms with E-state index < -0.39 is 0 Å². The second-order valence-electron chi connectivity index (χ2n) is 2.66. The largest absolute Gasteiger partial charge is 0.275 e. The first-order chi connectivity index (χ1) is 5.66. The van der Waals surface area contributed by atoms with Crippen LogP contribution in [0.15, 0.2) is 11.6 Å². The molecular formula is C8H10ClNO2. The maximum Gasteiger partial charge on any atom is 0.256 e. The van der Waals surface area contributed by atoms with Crippen LogP contribution in [-0.2, 0) is 9.59 Å². The third kappa shape index (κ3) is 1.67. The van der Waals surface area contributed by atoms with E-state index in [1.165, 1.54) is 11.0 Å². The van der Waals surface area contributed by atoms with Crippen molar-refractivity contribution < 1.29 is 9.59 Å². The molecule has 66 valence electrons. The molecule has 4 heteroatoms. The van der Waals surface area contributed by atoms with Crippen LogP contribution >= 0.6 is 11.6 Å². The molecule has 0 saturated carbocycles. The summed E-state index contributed by atoms with van der Waals surface area (Å²) in [4.78, 5) is 23.5. The van der Waals surface area contributed by atoms with Gasteiger partial charge in [0.2, 0.25) is 0 Å². The van der Waals surface area contributed by atoms with Crippen LogP contribution in [0.1, 0.15) is 13.3 Å². The number of nitrogens with zero attached hydrogens (tertiary/aromatic N) is 1. The Morgan fingerprint density at radius 2 is 2.17 bits per heavy atom. The van der Waals surface area contributed by atoms with E-state index in [0.717, 1.165) is 0 Å². The highest BCUT2D eigenvalue weighted by Gasteiger charge is 2.27. The van der Waals surface area contributed by atoms with Gasteiger partial charge in [0.25, 0.3) is 11.8 Å². The second kappa shape index (κ2) is 3.72. The minimum atomic E-state index is -0.220. The fourth-order valence-electron chi connectivity index (χ4n) is 1.07. The summed E-state index contributed by atoms with van der Waals surface area (Å²) in [6, 6.07) is 0. The van der Waals surface area contributed by atoms with Crippen LogP contribution in [0.5, 0.6) is 0 Å². The number of hydrogen-bond acceptors (Lipinski definition) is 2. The zero-order valence-corrected chi connectivity index (χ0v) is 7.60. The maximum atomic E-state index is 11.2. The van der Waals surface area contributed by atoms with Gasteiger partial charge in [-0.25, -0.2) is 0 Å². The molecule has 0 bridgehead atoms. The van der Waals surface area contributed by atoms with Crippen LogP contribution in [0.25, 0.3) is 0 Å². The van der Waals surface area contributed by atoms with Gasteiger partial charge in [0.05, 0.1) is 0 Å². The molecule has 0 aliphatic carbocycles. The summed E-state index contributed by atoms with van der Waals surface area (Å²) in [6.45, 7) is 2.07. The summed E-state index contributed by atoms with van der Waals surface area (Å²) in [6.07, 6.45) is 2.01. The molecule has 0 radical (unpaired) electrons. The van der Waals surface area contributed by atoms with Crippen molar-refractivity contribution in [2.24, 2.45) is 0 Å². The third-order valence-electron chi connectivity index (χ3n) is 1.70. The molecule has 12 heavy (non-hydrogen) atoms. The number of rotatable bonds is 3. The molecular weight excluding hydrogens is 178 g/mol. The predicted molar refractivity (Wildman–Crippen MR) is 45.8 cm³/mol. The molecule has 0 aromatic carbocycles. The number of hydrogen-bond donors (Lipinski definition) is 0.